The lowest BCUT2D eigenvalue weighted by Crippen LogP contribution is -1.98. The number of ether oxygens (including phenoxy) is 2. The van der Waals surface area contributed by atoms with Gasteiger partial charge in [-0.2, -0.15) is 0 Å². The summed E-state index contributed by atoms with van der Waals surface area (Å²) in [5, 5.41) is 27.2. The van der Waals surface area contributed by atoms with Crippen LogP contribution in [0.15, 0.2) is 46.5 Å². The molecule has 29 heavy (non-hydrogen) atoms. The van der Waals surface area contributed by atoms with Crippen molar-refractivity contribution in [2.75, 3.05) is 14.2 Å². The lowest BCUT2D eigenvalue weighted by Gasteiger charge is -2.10. The number of carboxylic acid groups (broad SMARTS) is 1. The molecule has 10 heteroatoms. The Labute approximate surface area is 175 Å². The first kappa shape index (κ1) is 20.6. The minimum absolute atomic E-state index is 0.0264. The fourth-order valence-corrected chi connectivity index (χ4v) is 3.24. The van der Waals surface area contributed by atoms with E-state index in [1.54, 1.807) is 24.3 Å². The number of aromatic hydroxyl groups is 1. The van der Waals surface area contributed by atoms with Gasteiger partial charge in [0.2, 0.25) is 10.9 Å². The second kappa shape index (κ2) is 8.89. The van der Waals surface area contributed by atoms with Crippen molar-refractivity contribution >= 4 is 35.4 Å². The van der Waals surface area contributed by atoms with Crippen molar-refractivity contribution in [1.29, 1.82) is 0 Å². The van der Waals surface area contributed by atoms with Gasteiger partial charge in [-0.15, -0.1) is 5.10 Å². The van der Waals surface area contributed by atoms with Gasteiger partial charge < -0.3 is 19.7 Å². The second-order valence-corrected chi connectivity index (χ2v) is 7.11. The molecule has 0 spiro atoms. The van der Waals surface area contributed by atoms with Crippen LogP contribution in [0.25, 0.3) is 17.5 Å². The summed E-state index contributed by atoms with van der Waals surface area (Å²) in [5.41, 5.74) is 1.23. The highest BCUT2D eigenvalue weighted by Gasteiger charge is 2.16. The molecule has 0 fully saturated rings. The minimum atomic E-state index is -1.15. The first-order chi connectivity index (χ1) is 13.9. The van der Waals surface area contributed by atoms with Gasteiger partial charge in [0.15, 0.2) is 17.3 Å². The standard InChI is InChI=1S/C19H16ClN3O5S/c1-27-13-7-10(8-14(28-2)16(13)24)9-15(18(25)26)29-19-21-17(22-23-19)11-3-5-12(20)6-4-11/h3-9,24H,1-2H3,(H,25,26)(H,21,22,23)/b15-9-. The maximum atomic E-state index is 11.7. The van der Waals surface area contributed by atoms with Crippen molar-refractivity contribution in [1.82, 2.24) is 15.2 Å². The number of H-pyrrole nitrogens is 1. The van der Waals surface area contributed by atoms with Crippen LogP contribution in [0.5, 0.6) is 17.2 Å². The zero-order valence-electron chi connectivity index (χ0n) is 15.3. The van der Waals surface area contributed by atoms with Crippen LogP contribution in [0.4, 0.5) is 0 Å². The van der Waals surface area contributed by atoms with E-state index in [0.717, 1.165) is 17.3 Å². The second-order valence-electron chi connectivity index (χ2n) is 5.66. The van der Waals surface area contributed by atoms with Crippen LogP contribution in [-0.2, 0) is 4.79 Å². The first-order valence-corrected chi connectivity index (χ1v) is 9.37. The predicted octanol–water partition coefficient (Wildman–Crippen LogP) is 4.07. The van der Waals surface area contributed by atoms with Gasteiger partial charge in [-0.05, 0) is 59.8 Å². The summed E-state index contributed by atoms with van der Waals surface area (Å²) in [6.45, 7) is 0. The number of nitrogens with one attached hydrogen (secondary N) is 1. The lowest BCUT2D eigenvalue weighted by molar-refractivity contribution is -0.131. The molecule has 8 nitrogen and oxygen atoms in total. The summed E-state index contributed by atoms with van der Waals surface area (Å²) in [6, 6.07) is 10.00. The Kier molecular flexibility index (Phi) is 6.30. The molecule has 0 bridgehead atoms. The molecule has 0 radical (unpaired) electrons. The summed E-state index contributed by atoms with van der Waals surface area (Å²) in [5.74, 6) is -0.513. The van der Waals surface area contributed by atoms with Crippen LogP contribution >= 0.6 is 23.4 Å². The van der Waals surface area contributed by atoms with E-state index in [9.17, 15) is 15.0 Å². The zero-order valence-corrected chi connectivity index (χ0v) is 16.9. The number of phenols is 1. The van der Waals surface area contributed by atoms with Crippen molar-refractivity contribution < 1.29 is 24.5 Å². The van der Waals surface area contributed by atoms with E-state index in [-0.39, 0.29) is 27.3 Å². The number of thioether (sulfide) groups is 1. The predicted molar refractivity (Wildman–Crippen MR) is 110 cm³/mol. The number of methoxy groups -OCH3 is 2. The van der Waals surface area contributed by atoms with E-state index in [4.69, 9.17) is 21.1 Å². The molecule has 150 valence electrons. The number of hydrogen-bond acceptors (Lipinski definition) is 7. The van der Waals surface area contributed by atoms with Gasteiger partial charge in [0.1, 0.15) is 4.91 Å². The monoisotopic (exact) mass is 433 g/mol. The van der Waals surface area contributed by atoms with Crippen LogP contribution in [0.1, 0.15) is 5.56 Å². The molecular formula is C19H16ClN3O5S. The van der Waals surface area contributed by atoms with Crippen LogP contribution < -0.4 is 9.47 Å². The molecule has 0 atom stereocenters. The average Bonchev–Trinajstić information content (AvgIpc) is 3.17. The minimum Gasteiger partial charge on any atom is -0.502 e. The number of benzene rings is 2. The Morgan fingerprint density at radius 1 is 1.17 bits per heavy atom. The Balaban J connectivity index is 1.90. The SMILES string of the molecule is COc1cc(/C=C(\Sc2n[nH]c(-c3ccc(Cl)cc3)n2)C(=O)O)cc(OC)c1O. The largest absolute Gasteiger partial charge is 0.502 e. The molecule has 0 saturated heterocycles. The smallest absolute Gasteiger partial charge is 0.342 e. The first-order valence-electron chi connectivity index (χ1n) is 8.17. The molecule has 0 amide bonds. The van der Waals surface area contributed by atoms with E-state index in [2.05, 4.69) is 15.2 Å². The Bertz CT molecular complexity index is 1040. The topological polar surface area (TPSA) is 118 Å². The number of aromatic amines is 1. The number of carboxylic acids is 1. The molecule has 0 saturated carbocycles. The van der Waals surface area contributed by atoms with Crippen molar-refractivity contribution in [2.45, 2.75) is 5.16 Å². The molecular weight excluding hydrogens is 418 g/mol. The van der Waals surface area contributed by atoms with Gasteiger partial charge in [-0.1, -0.05) is 11.6 Å². The zero-order chi connectivity index (χ0) is 21.0. The third-order valence-corrected chi connectivity index (χ3v) is 4.92. The molecule has 3 N–H and O–H groups in total. The highest BCUT2D eigenvalue weighted by atomic mass is 35.5. The molecule has 1 aromatic heterocycles. The Hall–Kier alpha value is -3.17. The summed E-state index contributed by atoms with van der Waals surface area (Å²) in [6.07, 6.45) is 1.41. The van der Waals surface area contributed by atoms with Crippen LogP contribution in [0.2, 0.25) is 5.02 Å². The molecule has 1 heterocycles. The van der Waals surface area contributed by atoms with Crippen molar-refractivity contribution in [3.8, 4) is 28.6 Å². The molecule has 0 aliphatic heterocycles. The third kappa shape index (κ3) is 4.82. The maximum absolute atomic E-state index is 11.7. The number of halogens is 1. The van der Waals surface area contributed by atoms with Gasteiger partial charge in [0.05, 0.1) is 14.2 Å². The van der Waals surface area contributed by atoms with Gasteiger partial charge in [0.25, 0.3) is 0 Å². The van der Waals surface area contributed by atoms with E-state index in [1.165, 1.54) is 32.4 Å². The molecule has 3 rings (SSSR count). The molecule has 3 aromatic rings. The van der Waals surface area contributed by atoms with Crippen LogP contribution in [0, 0.1) is 0 Å². The normalized spacial score (nSPS) is 11.3. The fraction of sp³-hybridized carbons (Fsp3) is 0.105. The Morgan fingerprint density at radius 2 is 1.79 bits per heavy atom. The summed E-state index contributed by atoms with van der Waals surface area (Å²) in [4.78, 5) is 16.0. The molecule has 0 aliphatic carbocycles. The number of nitrogens with zero attached hydrogens (tertiary/aromatic N) is 2. The maximum Gasteiger partial charge on any atom is 0.342 e. The third-order valence-electron chi connectivity index (χ3n) is 3.79. The molecule has 2 aromatic carbocycles. The van der Waals surface area contributed by atoms with Crippen LogP contribution in [0.3, 0.4) is 0 Å². The van der Waals surface area contributed by atoms with E-state index in [0.29, 0.717) is 16.4 Å². The van der Waals surface area contributed by atoms with E-state index < -0.39 is 5.97 Å². The molecule has 0 unspecified atom stereocenters. The van der Waals surface area contributed by atoms with Crippen molar-refractivity contribution in [2.24, 2.45) is 0 Å². The van der Waals surface area contributed by atoms with Gasteiger partial charge >= 0.3 is 5.97 Å². The van der Waals surface area contributed by atoms with E-state index >= 15 is 0 Å². The number of aliphatic carboxylic acids is 1. The molecule has 0 aliphatic rings. The highest BCUT2D eigenvalue weighted by Crippen LogP contribution is 2.38. The number of hydrogen-bond donors (Lipinski definition) is 3. The number of carbonyl (C=O) groups is 1. The summed E-state index contributed by atoms with van der Waals surface area (Å²) in [7, 11) is 2.78. The van der Waals surface area contributed by atoms with Crippen LogP contribution in [-0.4, -0.2) is 45.6 Å². The van der Waals surface area contributed by atoms with Gasteiger partial charge in [-0.25, -0.2) is 9.78 Å². The van der Waals surface area contributed by atoms with Gasteiger partial charge in [-0.3, -0.25) is 5.10 Å². The fourth-order valence-electron chi connectivity index (χ4n) is 2.41. The van der Waals surface area contributed by atoms with Crippen molar-refractivity contribution in [3.63, 3.8) is 0 Å². The summed E-state index contributed by atoms with van der Waals surface area (Å²) >= 11 is 6.76. The highest BCUT2D eigenvalue weighted by molar-refractivity contribution is 8.04. The summed E-state index contributed by atoms with van der Waals surface area (Å²) < 4.78 is 10.2. The quantitative estimate of drug-likeness (QED) is 0.377. The Morgan fingerprint density at radius 3 is 2.34 bits per heavy atom. The number of aromatic nitrogens is 3. The van der Waals surface area contributed by atoms with E-state index in [1.807, 2.05) is 0 Å². The van der Waals surface area contributed by atoms with Crippen molar-refractivity contribution in [3.05, 3.63) is 51.9 Å². The number of phenolic OH excluding ortho intramolecular Hbond substituents is 1. The number of rotatable bonds is 7. The van der Waals surface area contributed by atoms with Gasteiger partial charge in [0, 0.05) is 10.6 Å². The lowest BCUT2D eigenvalue weighted by atomic mass is 10.1. The average molecular weight is 434 g/mol.